The molecule has 21 heavy (non-hydrogen) atoms. The van der Waals surface area contributed by atoms with Crippen LogP contribution < -0.4 is 15.0 Å². The fraction of sp³-hybridized carbons (Fsp3) is 0.533. The number of nitrogens with one attached hydrogen (secondary N) is 1. The van der Waals surface area contributed by atoms with E-state index in [-0.39, 0.29) is 6.10 Å². The summed E-state index contributed by atoms with van der Waals surface area (Å²) in [6.45, 7) is 8.83. The van der Waals surface area contributed by atoms with Crippen molar-refractivity contribution in [3.05, 3.63) is 17.2 Å². The minimum atomic E-state index is 0.0540. The second kappa shape index (κ2) is 5.73. The molecular formula is C15H20ClN3O2. The molecule has 0 spiro atoms. The Hall–Kier alpha value is -1.46. The molecule has 5 nitrogen and oxygen atoms in total. The van der Waals surface area contributed by atoms with E-state index in [1.165, 1.54) is 0 Å². The zero-order chi connectivity index (χ0) is 15.0. The van der Waals surface area contributed by atoms with Crippen molar-refractivity contribution in [2.75, 3.05) is 24.5 Å². The number of benzene rings is 1. The lowest BCUT2D eigenvalue weighted by molar-refractivity contribution is 0.242. The Morgan fingerprint density at radius 3 is 3.00 bits per heavy atom. The Morgan fingerprint density at radius 1 is 1.48 bits per heavy atom. The van der Waals surface area contributed by atoms with Crippen LogP contribution in [0.3, 0.4) is 0 Å². The molecule has 6 heteroatoms. The van der Waals surface area contributed by atoms with Crippen molar-refractivity contribution >= 4 is 28.7 Å². The van der Waals surface area contributed by atoms with Crippen molar-refractivity contribution in [2.45, 2.75) is 32.9 Å². The molecule has 0 amide bonds. The van der Waals surface area contributed by atoms with Gasteiger partial charge in [0, 0.05) is 36.8 Å². The van der Waals surface area contributed by atoms with Gasteiger partial charge in [-0.05, 0) is 26.8 Å². The maximum Gasteiger partial charge on any atom is 0.298 e. The van der Waals surface area contributed by atoms with Crippen molar-refractivity contribution < 1.29 is 9.15 Å². The van der Waals surface area contributed by atoms with E-state index in [0.717, 1.165) is 25.2 Å². The Labute approximate surface area is 129 Å². The average Bonchev–Trinajstić information content (AvgIpc) is 2.82. The summed E-state index contributed by atoms with van der Waals surface area (Å²) >= 11 is 6.15. The first-order chi connectivity index (χ1) is 10.0. The van der Waals surface area contributed by atoms with E-state index in [9.17, 15) is 0 Å². The molecule has 114 valence electrons. The number of rotatable bonds is 3. The van der Waals surface area contributed by atoms with Gasteiger partial charge in [0.25, 0.3) is 6.01 Å². The van der Waals surface area contributed by atoms with Gasteiger partial charge in [-0.2, -0.15) is 4.98 Å². The summed E-state index contributed by atoms with van der Waals surface area (Å²) in [6.07, 6.45) is 0.0540. The topological polar surface area (TPSA) is 50.5 Å². The molecule has 0 saturated carbocycles. The molecule has 1 aliphatic rings. The Balaban J connectivity index is 2.02. The third-order valence-corrected chi connectivity index (χ3v) is 3.74. The number of fused-ring (bicyclic) bond motifs is 1. The molecule has 1 saturated heterocycles. The van der Waals surface area contributed by atoms with Gasteiger partial charge in [0.05, 0.1) is 6.10 Å². The van der Waals surface area contributed by atoms with E-state index < -0.39 is 0 Å². The number of halogens is 1. The number of nitrogens with zero attached hydrogens (tertiary/aromatic N) is 2. The number of oxazole rings is 1. The van der Waals surface area contributed by atoms with Gasteiger partial charge in [-0.1, -0.05) is 11.6 Å². The maximum atomic E-state index is 6.15. The van der Waals surface area contributed by atoms with Gasteiger partial charge in [0.2, 0.25) is 0 Å². The maximum absolute atomic E-state index is 6.15. The predicted molar refractivity (Wildman–Crippen MR) is 84.5 cm³/mol. The Morgan fingerprint density at radius 2 is 2.29 bits per heavy atom. The number of aromatic nitrogens is 1. The van der Waals surface area contributed by atoms with Crippen LogP contribution in [0.1, 0.15) is 20.8 Å². The minimum absolute atomic E-state index is 0.0540. The van der Waals surface area contributed by atoms with Crippen LogP contribution in [0.5, 0.6) is 5.75 Å². The van der Waals surface area contributed by atoms with Crippen molar-refractivity contribution in [1.29, 1.82) is 0 Å². The van der Waals surface area contributed by atoms with Crippen LogP contribution in [0.15, 0.2) is 16.5 Å². The molecule has 3 rings (SSSR count). The molecule has 0 bridgehead atoms. The highest BCUT2D eigenvalue weighted by molar-refractivity contribution is 6.31. The first-order valence-electron chi connectivity index (χ1n) is 7.28. The summed E-state index contributed by atoms with van der Waals surface area (Å²) in [5.41, 5.74) is 1.40. The largest absolute Gasteiger partial charge is 0.487 e. The SMILES string of the molecule is CC(C)Oc1cc(Cl)cc2nc(N3CCNCC3C)oc12. The van der Waals surface area contributed by atoms with Gasteiger partial charge in [-0.25, -0.2) is 0 Å². The van der Waals surface area contributed by atoms with Gasteiger partial charge in [0.15, 0.2) is 11.3 Å². The highest BCUT2D eigenvalue weighted by atomic mass is 35.5. The quantitative estimate of drug-likeness (QED) is 0.944. The average molecular weight is 310 g/mol. The van der Waals surface area contributed by atoms with Crippen LogP contribution in [-0.4, -0.2) is 36.8 Å². The number of ether oxygens (including phenoxy) is 1. The lowest BCUT2D eigenvalue weighted by Crippen LogP contribution is -2.50. The number of piperazine rings is 1. The molecule has 1 fully saturated rings. The van der Waals surface area contributed by atoms with E-state index in [2.05, 4.69) is 22.1 Å². The van der Waals surface area contributed by atoms with Gasteiger partial charge >= 0.3 is 0 Å². The molecular weight excluding hydrogens is 290 g/mol. The molecule has 2 heterocycles. The molecule has 0 aliphatic carbocycles. The standard InChI is InChI=1S/C15H20ClN3O2/c1-9(2)20-13-7-11(16)6-12-14(13)21-15(18-12)19-5-4-17-8-10(19)3/h6-7,9-10,17H,4-5,8H2,1-3H3. The summed E-state index contributed by atoms with van der Waals surface area (Å²) in [5.74, 6) is 0.647. The lowest BCUT2D eigenvalue weighted by Gasteiger charge is -2.32. The van der Waals surface area contributed by atoms with E-state index in [1.54, 1.807) is 6.07 Å². The van der Waals surface area contributed by atoms with Crippen LogP contribution in [0.4, 0.5) is 6.01 Å². The second-order valence-electron chi connectivity index (χ2n) is 5.66. The van der Waals surface area contributed by atoms with E-state index >= 15 is 0 Å². The number of hydrogen-bond acceptors (Lipinski definition) is 5. The zero-order valence-corrected chi connectivity index (χ0v) is 13.3. The van der Waals surface area contributed by atoms with Gasteiger partial charge < -0.3 is 19.4 Å². The molecule has 1 aromatic carbocycles. The third-order valence-electron chi connectivity index (χ3n) is 3.52. The molecule has 0 radical (unpaired) electrons. The van der Waals surface area contributed by atoms with E-state index in [1.807, 2.05) is 19.9 Å². The first-order valence-corrected chi connectivity index (χ1v) is 7.66. The second-order valence-corrected chi connectivity index (χ2v) is 6.10. The van der Waals surface area contributed by atoms with Gasteiger partial charge in [0.1, 0.15) is 5.52 Å². The van der Waals surface area contributed by atoms with Gasteiger partial charge in [-0.3, -0.25) is 0 Å². The number of anilines is 1. The summed E-state index contributed by atoms with van der Waals surface area (Å²) < 4.78 is 11.8. The molecule has 1 N–H and O–H groups in total. The van der Waals surface area contributed by atoms with Gasteiger partial charge in [-0.15, -0.1) is 0 Å². The third kappa shape index (κ3) is 2.94. The fourth-order valence-electron chi connectivity index (χ4n) is 2.55. The van der Waals surface area contributed by atoms with Crippen LogP contribution in [0, 0.1) is 0 Å². The molecule has 1 aromatic heterocycles. The summed E-state index contributed by atoms with van der Waals surface area (Å²) in [7, 11) is 0. The van der Waals surface area contributed by atoms with Crippen LogP contribution in [0.25, 0.3) is 11.1 Å². The van der Waals surface area contributed by atoms with Crippen molar-refractivity contribution in [3.8, 4) is 5.75 Å². The summed E-state index contributed by atoms with van der Waals surface area (Å²) in [6, 6.07) is 4.57. The first kappa shape index (κ1) is 14.5. The van der Waals surface area contributed by atoms with Crippen LogP contribution in [0.2, 0.25) is 5.02 Å². The van der Waals surface area contributed by atoms with Crippen molar-refractivity contribution in [1.82, 2.24) is 10.3 Å². The minimum Gasteiger partial charge on any atom is -0.487 e. The van der Waals surface area contributed by atoms with E-state index in [4.69, 9.17) is 20.8 Å². The normalized spacial score (nSPS) is 19.5. The molecule has 1 aliphatic heterocycles. The highest BCUT2D eigenvalue weighted by Crippen LogP contribution is 2.34. The van der Waals surface area contributed by atoms with Crippen molar-refractivity contribution in [3.63, 3.8) is 0 Å². The lowest BCUT2D eigenvalue weighted by atomic mass is 10.2. The monoisotopic (exact) mass is 309 g/mol. The summed E-state index contributed by atoms with van der Waals surface area (Å²) in [5, 5.41) is 3.96. The zero-order valence-electron chi connectivity index (χ0n) is 12.5. The molecule has 1 unspecified atom stereocenters. The Bertz CT molecular complexity index is 641. The number of hydrogen-bond donors (Lipinski definition) is 1. The Kier molecular flexibility index (Phi) is 3.95. The van der Waals surface area contributed by atoms with E-state index in [0.29, 0.717) is 28.4 Å². The van der Waals surface area contributed by atoms with Crippen LogP contribution in [-0.2, 0) is 0 Å². The molecule has 1 atom stereocenters. The van der Waals surface area contributed by atoms with Crippen molar-refractivity contribution in [2.24, 2.45) is 0 Å². The summed E-state index contributed by atoms with van der Waals surface area (Å²) in [4.78, 5) is 6.75. The molecule has 2 aromatic rings. The van der Waals surface area contributed by atoms with Crippen LogP contribution >= 0.6 is 11.6 Å². The fourth-order valence-corrected chi connectivity index (χ4v) is 2.75. The highest BCUT2D eigenvalue weighted by Gasteiger charge is 2.24. The predicted octanol–water partition coefficient (Wildman–Crippen LogP) is 3.07. The smallest absolute Gasteiger partial charge is 0.298 e.